The van der Waals surface area contributed by atoms with Crippen LogP contribution in [0, 0.1) is 11.3 Å². The van der Waals surface area contributed by atoms with Gasteiger partial charge in [0.15, 0.2) is 0 Å². The Hall–Kier alpha value is -3.66. The summed E-state index contributed by atoms with van der Waals surface area (Å²) in [6, 6.07) is 14.6. The number of esters is 1. The Labute approximate surface area is 144 Å². The molecule has 126 valence electrons. The lowest BCUT2D eigenvalue weighted by Gasteiger charge is -2.10. The van der Waals surface area contributed by atoms with Gasteiger partial charge in [-0.25, -0.2) is 4.79 Å². The van der Waals surface area contributed by atoms with Crippen LogP contribution in [0.5, 0.6) is 0 Å². The normalized spacial score (nSPS) is 9.60. The summed E-state index contributed by atoms with van der Waals surface area (Å²) in [7, 11) is 1.24. The van der Waals surface area contributed by atoms with Crippen molar-refractivity contribution in [3.63, 3.8) is 0 Å². The van der Waals surface area contributed by atoms with Gasteiger partial charge in [-0.1, -0.05) is 12.1 Å². The smallest absolute Gasteiger partial charge is 0.339 e. The number of ether oxygens (including phenoxy) is 1. The fraction of sp³-hybridized carbons (Fsp3) is 0.111. The highest BCUT2D eigenvalue weighted by Gasteiger charge is 2.15. The molecule has 25 heavy (non-hydrogen) atoms. The number of rotatable bonds is 5. The Morgan fingerprint density at radius 2 is 1.64 bits per heavy atom. The van der Waals surface area contributed by atoms with Crippen LogP contribution in [0.25, 0.3) is 0 Å². The largest absolute Gasteiger partial charge is 0.465 e. The maximum Gasteiger partial charge on any atom is 0.339 e. The van der Waals surface area contributed by atoms with E-state index in [0.29, 0.717) is 11.3 Å². The maximum absolute atomic E-state index is 12.0. The molecule has 0 bridgehead atoms. The summed E-state index contributed by atoms with van der Waals surface area (Å²) in [4.78, 5) is 35.6. The first kappa shape index (κ1) is 17.7. The summed E-state index contributed by atoms with van der Waals surface area (Å²) in [5.74, 6) is -1.67. The average molecular weight is 337 g/mol. The van der Waals surface area contributed by atoms with Gasteiger partial charge in [-0.2, -0.15) is 5.26 Å². The number of anilines is 2. The summed E-state index contributed by atoms with van der Waals surface area (Å²) in [6.07, 6.45) is -0.421. The molecule has 0 fully saturated rings. The molecule has 7 nitrogen and oxygen atoms in total. The van der Waals surface area contributed by atoms with E-state index in [1.54, 1.807) is 42.5 Å². The average Bonchev–Trinajstić information content (AvgIpc) is 2.62. The number of methoxy groups -OCH3 is 1. The minimum atomic E-state index is -0.585. The molecule has 0 spiro atoms. The van der Waals surface area contributed by atoms with Crippen LogP contribution in [-0.4, -0.2) is 24.9 Å². The number of para-hydroxylation sites is 1. The second-order valence-corrected chi connectivity index (χ2v) is 5.00. The van der Waals surface area contributed by atoms with E-state index in [2.05, 4.69) is 15.4 Å². The number of amides is 2. The topological polar surface area (TPSA) is 108 Å². The van der Waals surface area contributed by atoms with Gasteiger partial charge in [-0.3, -0.25) is 9.59 Å². The molecule has 7 heteroatoms. The Bertz CT molecular complexity index is 838. The van der Waals surface area contributed by atoms with Crippen molar-refractivity contribution in [2.75, 3.05) is 17.7 Å². The van der Waals surface area contributed by atoms with Gasteiger partial charge in [0.2, 0.25) is 11.8 Å². The number of carbonyl (C=O) groups is 3. The van der Waals surface area contributed by atoms with Gasteiger partial charge < -0.3 is 15.4 Å². The predicted molar refractivity (Wildman–Crippen MR) is 90.8 cm³/mol. The van der Waals surface area contributed by atoms with Crippen LogP contribution in [-0.2, 0) is 14.3 Å². The zero-order chi connectivity index (χ0) is 18.2. The van der Waals surface area contributed by atoms with Crippen molar-refractivity contribution in [3.8, 4) is 6.07 Å². The molecule has 0 aromatic heterocycles. The van der Waals surface area contributed by atoms with Gasteiger partial charge >= 0.3 is 5.97 Å². The summed E-state index contributed by atoms with van der Waals surface area (Å²) < 4.78 is 4.65. The highest BCUT2D eigenvalue weighted by atomic mass is 16.5. The van der Waals surface area contributed by atoms with E-state index < -0.39 is 24.2 Å². The summed E-state index contributed by atoms with van der Waals surface area (Å²) in [6.45, 7) is 0. The van der Waals surface area contributed by atoms with Crippen molar-refractivity contribution < 1.29 is 19.1 Å². The molecule has 0 radical (unpaired) electrons. The van der Waals surface area contributed by atoms with Crippen molar-refractivity contribution >= 4 is 29.2 Å². The molecule has 2 rings (SSSR count). The lowest BCUT2D eigenvalue weighted by Crippen LogP contribution is -2.22. The molecule has 2 N–H and O–H groups in total. The molecular formula is C18H15N3O4. The van der Waals surface area contributed by atoms with Crippen LogP contribution in [0.1, 0.15) is 22.3 Å². The van der Waals surface area contributed by atoms with Crippen LogP contribution in [0.4, 0.5) is 11.4 Å². The molecule has 0 aliphatic heterocycles. The van der Waals surface area contributed by atoms with E-state index in [1.165, 1.54) is 13.2 Å². The first-order chi connectivity index (χ1) is 12.0. The zero-order valence-electron chi connectivity index (χ0n) is 13.4. The van der Waals surface area contributed by atoms with Crippen LogP contribution in [0.3, 0.4) is 0 Å². The fourth-order valence-electron chi connectivity index (χ4n) is 2.05. The zero-order valence-corrected chi connectivity index (χ0v) is 13.4. The minimum absolute atomic E-state index is 0.200. The number of nitriles is 1. The molecule has 0 atom stereocenters. The molecule has 0 saturated heterocycles. The van der Waals surface area contributed by atoms with Crippen LogP contribution in [0.2, 0.25) is 0 Å². The molecular weight excluding hydrogens is 322 g/mol. The van der Waals surface area contributed by atoms with Crippen molar-refractivity contribution in [2.45, 2.75) is 6.42 Å². The summed E-state index contributed by atoms with van der Waals surface area (Å²) in [5, 5.41) is 13.8. The lowest BCUT2D eigenvalue weighted by molar-refractivity contribution is -0.123. The molecule has 0 saturated carbocycles. The van der Waals surface area contributed by atoms with E-state index in [0.717, 1.165) is 0 Å². The van der Waals surface area contributed by atoms with Gasteiger partial charge in [-0.15, -0.1) is 0 Å². The minimum Gasteiger partial charge on any atom is -0.465 e. The lowest BCUT2D eigenvalue weighted by atomic mass is 10.1. The number of carbonyl (C=O) groups excluding carboxylic acids is 3. The highest BCUT2D eigenvalue weighted by molar-refractivity contribution is 6.09. The maximum atomic E-state index is 12.0. The highest BCUT2D eigenvalue weighted by Crippen LogP contribution is 2.16. The van der Waals surface area contributed by atoms with Crippen molar-refractivity contribution in [3.05, 3.63) is 59.7 Å². The third-order valence-corrected chi connectivity index (χ3v) is 3.23. The standard InChI is InChI=1S/C18H15N3O4/c1-25-18(24)14-4-2-3-5-15(14)21-17(23)10-16(22)20-13-8-6-12(11-19)7-9-13/h2-9H,10H2,1H3,(H,20,22)(H,21,23). The SMILES string of the molecule is COC(=O)c1ccccc1NC(=O)CC(=O)Nc1ccc(C#N)cc1. The Morgan fingerprint density at radius 3 is 2.28 bits per heavy atom. The Morgan fingerprint density at radius 1 is 1.00 bits per heavy atom. The van der Waals surface area contributed by atoms with E-state index in [1.807, 2.05) is 6.07 Å². The monoisotopic (exact) mass is 337 g/mol. The van der Waals surface area contributed by atoms with Gasteiger partial charge in [0.25, 0.3) is 0 Å². The molecule has 0 heterocycles. The molecule has 2 aromatic carbocycles. The van der Waals surface area contributed by atoms with Crippen LogP contribution >= 0.6 is 0 Å². The van der Waals surface area contributed by atoms with E-state index in [-0.39, 0.29) is 11.3 Å². The molecule has 2 aromatic rings. The van der Waals surface area contributed by atoms with E-state index in [9.17, 15) is 14.4 Å². The number of hydrogen-bond donors (Lipinski definition) is 2. The van der Waals surface area contributed by atoms with Gasteiger partial charge in [0, 0.05) is 5.69 Å². The van der Waals surface area contributed by atoms with Gasteiger partial charge in [-0.05, 0) is 36.4 Å². The van der Waals surface area contributed by atoms with Crippen molar-refractivity contribution in [1.82, 2.24) is 0 Å². The third-order valence-electron chi connectivity index (χ3n) is 3.23. The molecule has 2 amide bonds. The second kappa shape index (κ2) is 8.26. The number of nitrogens with zero attached hydrogens (tertiary/aromatic N) is 1. The first-order valence-corrected chi connectivity index (χ1v) is 7.30. The van der Waals surface area contributed by atoms with E-state index in [4.69, 9.17) is 5.26 Å². The van der Waals surface area contributed by atoms with Crippen molar-refractivity contribution in [1.29, 1.82) is 5.26 Å². The Balaban J connectivity index is 1.97. The van der Waals surface area contributed by atoms with Crippen molar-refractivity contribution in [2.24, 2.45) is 0 Å². The van der Waals surface area contributed by atoms with Gasteiger partial charge in [0.05, 0.1) is 30.0 Å². The molecule has 0 aliphatic carbocycles. The third kappa shape index (κ3) is 4.91. The fourth-order valence-corrected chi connectivity index (χ4v) is 2.05. The number of benzene rings is 2. The summed E-state index contributed by atoms with van der Waals surface area (Å²) >= 11 is 0. The Kier molecular flexibility index (Phi) is 5.85. The van der Waals surface area contributed by atoms with Crippen LogP contribution < -0.4 is 10.6 Å². The quantitative estimate of drug-likeness (QED) is 0.643. The van der Waals surface area contributed by atoms with E-state index >= 15 is 0 Å². The number of hydrogen-bond acceptors (Lipinski definition) is 5. The first-order valence-electron chi connectivity index (χ1n) is 7.30. The van der Waals surface area contributed by atoms with Crippen LogP contribution in [0.15, 0.2) is 48.5 Å². The van der Waals surface area contributed by atoms with Gasteiger partial charge in [0.1, 0.15) is 6.42 Å². The second-order valence-electron chi connectivity index (χ2n) is 5.00. The molecule has 0 aliphatic rings. The molecule has 0 unspecified atom stereocenters. The summed E-state index contributed by atoms with van der Waals surface area (Å²) in [5.41, 5.74) is 1.42. The predicted octanol–water partition coefficient (Wildman–Crippen LogP) is 2.31. The number of nitrogens with one attached hydrogen (secondary N) is 2.